The number of ether oxygens (including phenoxy) is 2. The smallest absolute Gasteiger partial charge is 0.337 e. The molecule has 0 fully saturated rings. The predicted molar refractivity (Wildman–Crippen MR) is 87.9 cm³/mol. The van der Waals surface area contributed by atoms with Crippen molar-refractivity contribution in [2.45, 2.75) is 6.10 Å². The van der Waals surface area contributed by atoms with Crippen LogP contribution in [-0.2, 0) is 19.1 Å². The highest BCUT2D eigenvalue weighted by Gasteiger charge is 2.18. The van der Waals surface area contributed by atoms with Gasteiger partial charge in [-0.1, -0.05) is 0 Å². The van der Waals surface area contributed by atoms with E-state index in [1.54, 1.807) is 12.1 Å². The van der Waals surface area contributed by atoms with Crippen LogP contribution in [-0.4, -0.2) is 38.5 Å². The molecule has 0 saturated carbocycles. The summed E-state index contributed by atoms with van der Waals surface area (Å²) in [6, 6.07) is 9.38. The maximum Gasteiger partial charge on any atom is 0.337 e. The largest absolute Gasteiger partial charge is 0.467 e. The Morgan fingerprint density at radius 3 is 2.36 bits per heavy atom. The Morgan fingerprint density at radius 1 is 1.08 bits per heavy atom. The molecule has 8 heteroatoms. The molecule has 2 rings (SSSR count). The third kappa shape index (κ3) is 4.92. The molecule has 1 unspecified atom stereocenters. The predicted octanol–water partition coefficient (Wildman–Crippen LogP) is 1.51. The van der Waals surface area contributed by atoms with Gasteiger partial charge in [-0.15, -0.1) is 0 Å². The van der Waals surface area contributed by atoms with Crippen molar-refractivity contribution in [3.05, 3.63) is 54.0 Å². The molecule has 2 amide bonds. The van der Waals surface area contributed by atoms with Crippen molar-refractivity contribution in [2.75, 3.05) is 26.1 Å². The van der Waals surface area contributed by atoms with Gasteiger partial charge < -0.3 is 24.5 Å². The van der Waals surface area contributed by atoms with E-state index in [1.165, 1.54) is 44.7 Å². The summed E-state index contributed by atoms with van der Waals surface area (Å²) in [4.78, 5) is 35.1. The molecule has 8 nitrogen and oxygen atoms in total. The fraction of sp³-hybridized carbons (Fsp3) is 0.235. The fourth-order valence-electron chi connectivity index (χ4n) is 2.04. The van der Waals surface area contributed by atoms with Crippen molar-refractivity contribution < 1.29 is 28.3 Å². The molecule has 2 N–H and O–H groups in total. The average molecular weight is 346 g/mol. The second-order valence-corrected chi connectivity index (χ2v) is 4.97. The summed E-state index contributed by atoms with van der Waals surface area (Å²) in [7, 11) is 2.75. The van der Waals surface area contributed by atoms with Gasteiger partial charge in [-0.25, -0.2) is 4.79 Å². The average Bonchev–Trinajstić information content (AvgIpc) is 3.16. The monoisotopic (exact) mass is 346 g/mol. The van der Waals surface area contributed by atoms with E-state index in [1.807, 2.05) is 0 Å². The van der Waals surface area contributed by atoms with Crippen LogP contribution in [0.25, 0.3) is 0 Å². The van der Waals surface area contributed by atoms with Crippen LogP contribution >= 0.6 is 0 Å². The van der Waals surface area contributed by atoms with Crippen molar-refractivity contribution in [1.29, 1.82) is 0 Å². The summed E-state index contributed by atoms with van der Waals surface area (Å²) in [5, 5.41) is 4.91. The Kier molecular flexibility index (Phi) is 6.30. The second-order valence-electron chi connectivity index (χ2n) is 4.97. The van der Waals surface area contributed by atoms with Gasteiger partial charge >= 0.3 is 17.8 Å². The van der Waals surface area contributed by atoms with Crippen molar-refractivity contribution >= 4 is 23.5 Å². The van der Waals surface area contributed by atoms with Crippen LogP contribution < -0.4 is 10.6 Å². The van der Waals surface area contributed by atoms with Crippen molar-refractivity contribution in [2.24, 2.45) is 0 Å². The highest BCUT2D eigenvalue weighted by Crippen LogP contribution is 2.15. The van der Waals surface area contributed by atoms with Gasteiger partial charge in [0.15, 0.2) is 0 Å². The number of furan rings is 1. The number of carbonyl (C=O) groups is 3. The molecule has 132 valence electrons. The molecule has 0 aliphatic carbocycles. The molecule has 0 spiro atoms. The van der Waals surface area contributed by atoms with Gasteiger partial charge in [0.05, 0.1) is 25.5 Å². The van der Waals surface area contributed by atoms with E-state index in [9.17, 15) is 14.4 Å². The topological polar surface area (TPSA) is 107 Å². The number of amides is 2. The number of hydrogen-bond donors (Lipinski definition) is 2. The summed E-state index contributed by atoms with van der Waals surface area (Å²) < 4.78 is 15.0. The number of esters is 1. The molecule has 0 bridgehead atoms. The zero-order valence-corrected chi connectivity index (χ0v) is 13.8. The molecule has 0 aliphatic rings. The van der Waals surface area contributed by atoms with Crippen LogP contribution in [0.1, 0.15) is 22.2 Å². The molecule has 2 aromatic rings. The lowest BCUT2D eigenvalue weighted by Crippen LogP contribution is -2.37. The lowest BCUT2D eigenvalue weighted by Gasteiger charge is -2.13. The van der Waals surface area contributed by atoms with Gasteiger partial charge in [-0.3, -0.25) is 9.59 Å². The van der Waals surface area contributed by atoms with Crippen LogP contribution in [0.4, 0.5) is 5.69 Å². The van der Waals surface area contributed by atoms with Gasteiger partial charge in [-0.2, -0.15) is 0 Å². The first kappa shape index (κ1) is 18.2. The lowest BCUT2D eigenvalue weighted by atomic mass is 10.2. The van der Waals surface area contributed by atoms with E-state index >= 15 is 0 Å². The minimum absolute atomic E-state index is 0.0809. The molecule has 0 saturated heterocycles. The number of carbonyl (C=O) groups excluding carboxylic acids is 3. The number of anilines is 1. The summed E-state index contributed by atoms with van der Waals surface area (Å²) in [6.07, 6.45) is 1.000. The van der Waals surface area contributed by atoms with Gasteiger partial charge in [0.25, 0.3) is 0 Å². The van der Waals surface area contributed by atoms with Crippen LogP contribution in [0.3, 0.4) is 0 Å². The number of benzene rings is 1. The standard InChI is InChI=1S/C17H18N2O6/c1-23-14(13-4-3-9-25-13)10-18-15(20)16(21)19-12-7-5-11(6-8-12)17(22)24-2/h3-9,14H,10H2,1-2H3,(H,18,20)(H,19,21). The molecule has 0 radical (unpaired) electrons. The normalized spacial score (nSPS) is 11.4. The first-order chi connectivity index (χ1) is 12.0. The maximum atomic E-state index is 11.9. The van der Waals surface area contributed by atoms with Crippen molar-refractivity contribution in [1.82, 2.24) is 5.32 Å². The highest BCUT2D eigenvalue weighted by atomic mass is 16.5. The van der Waals surface area contributed by atoms with E-state index in [4.69, 9.17) is 9.15 Å². The van der Waals surface area contributed by atoms with Crippen LogP contribution in [0, 0.1) is 0 Å². The summed E-state index contributed by atoms with van der Waals surface area (Å²) >= 11 is 0. The van der Waals surface area contributed by atoms with E-state index < -0.39 is 23.9 Å². The summed E-state index contributed by atoms with van der Waals surface area (Å²) in [5.74, 6) is -1.59. The summed E-state index contributed by atoms with van der Waals surface area (Å²) in [6.45, 7) is 0.0809. The van der Waals surface area contributed by atoms with Crippen molar-refractivity contribution in [3.8, 4) is 0 Å². The molecule has 1 atom stereocenters. The Bertz CT molecular complexity index is 724. The minimum Gasteiger partial charge on any atom is -0.467 e. The van der Waals surface area contributed by atoms with Crippen LogP contribution in [0.15, 0.2) is 47.1 Å². The van der Waals surface area contributed by atoms with Gasteiger partial charge in [0.1, 0.15) is 11.9 Å². The number of hydrogen-bond acceptors (Lipinski definition) is 6. The first-order valence-corrected chi connectivity index (χ1v) is 7.39. The number of rotatable bonds is 6. The van der Waals surface area contributed by atoms with E-state index in [0.29, 0.717) is 17.0 Å². The fourth-order valence-corrected chi connectivity index (χ4v) is 2.04. The van der Waals surface area contributed by atoms with E-state index in [-0.39, 0.29) is 6.54 Å². The quantitative estimate of drug-likeness (QED) is 0.606. The lowest BCUT2D eigenvalue weighted by molar-refractivity contribution is -0.136. The zero-order chi connectivity index (χ0) is 18.2. The van der Waals surface area contributed by atoms with Gasteiger partial charge in [-0.05, 0) is 36.4 Å². The molecule has 1 heterocycles. The highest BCUT2D eigenvalue weighted by molar-refractivity contribution is 6.39. The van der Waals surface area contributed by atoms with E-state index in [0.717, 1.165) is 0 Å². The zero-order valence-electron chi connectivity index (χ0n) is 13.8. The first-order valence-electron chi connectivity index (χ1n) is 7.39. The molecular weight excluding hydrogens is 328 g/mol. The van der Waals surface area contributed by atoms with Gasteiger partial charge in [0, 0.05) is 12.8 Å². The summed E-state index contributed by atoms with van der Waals surface area (Å²) in [5.41, 5.74) is 0.716. The van der Waals surface area contributed by atoms with E-state index in [2.05, 4.69) is 15.4 Å². The Labute approximate surface area is 144 Å². The minimum atomic E-state index is -0.833. The molecule has 25 heavy (non-hydrogen) atoms. The van der Waals surface area contributed by atoms with Crippen LogP contribution in [0.2, 0.25) is 0 Å². The number of methoxy groups -OCH3 is 2. The third-order valence-electron chi connectivity index (χ3n) is 3.36. The third-order valence-corrected chi connectivity index (χ3v) is 3.36. The number of nitrogens with one attached hydrogen (secondary N) is 2. The Morgan fingerprint density at radius 2 is 1.80 bits per heavy atom. The molecular formula is C17H18N2O6. The maximum absolute atomic E-state index is 11.9. The van der Waals surface area contributed by atoms with Crippen molar-refractivity contribution in [3.63, 3.8) is 0 Å². The molecule has 0 aliphatic heterocycles. The molecule has 1 aromatic carbocycles. The second kappa shape index (κ2) is 8.65. The SMILES string of the molecule is COC(=O)c1ccc(NC(=O)C(=O)NCC(OC)c2ccco2)cc1. The van der Waals surface area contributed by atoms with Crippen LogP contribution in [0.5, 0.6) is 0 Å². The Balaban J connectivity index is 1.87. The van der Waals surface area contributed by atoms with Gasteiger partial charge in [0.2, 0.25) is 0 Å². The molecule has 1 aromatic heterocycles. The Hall–Kier alpha value is -3.13.